The first-order valence-electron chi connectivity index (χ1n) is 4.76. The van der Waals surface area contributed by atoms with Crippen molar-refractivity contribution in [1.82, 2.24) is 0 Å². The third-order valence-corrected chi connectivity index (χ3v) is 4.18. The molecule has 1 aromatic carbocycles. The maximum absolute atomic E-state index is 12.3. The lowest BCUT2D eigenvalue weighted by Crippen LogP contribution is -2.20. The maximum Gasteiger partial charge on any atom is 0.475 e. The Kier molecular flexibility index (Phi) is 4.83. The Morgan fingerprint density at radius 3 is 1.43 bits per heavy atom. The number of halogens is 6. The molecule has 12 heteroatoms. The molecule has 2 unspecified atom stereocenters. The highest BCUT2D eigenvalue weighted by atomic mass is 32.2. The van der Waals surface area contributed by atoms with Crippen molar-refractivity contribution in [2.45, 2.75) is 20.8 Å². The molecule has 0 fully saturated rings. The van der Waals surface area contributed by atoms with Gasteiger partial charge in [0.25, 0.3) is 0 Å². The van der Waals surface area contributed by atoms with E-state index in [0.717, 1.165) is 0 Å². The van der Waals surface area contributed by atoms with Gasteiger partial charge >= 0.3 is 11.0 Å². The van der Waals surface area contributed by atoms with Crippen molar-refractivity contribution in [3.05, 3.63) is 23.8 Å². The highest BCUT2D eigenvalue weighted by Crippen LogP contribution is 2.31. The zero-order chi connectivity index (χ0) is 16.6. The monoisotopic (exact) mass is 353 g/mol. The summed E-state index contributed by atoms with van der Waals surface area (Å²) in [5, 5.41) is 0. The number of hydrogen-bond acceptors (Lipinski definition) is 3. The number of primary amides is 1. The molecule has 1 aromatic rings. The first kappa shape index (κ1) is 17.6. The molecule has 0 spiro atoms. The normalized spacial score (nSPS) is 15.5. The van der Waals surface area contributed by atoms with Crippen molar-refractivity contribution < 1.29 is 39.6 Å². The van der Waals surface area contributed by atoms with Gasteiger partial charge in [-0.1, -0.05) is 0 Å². The Balaban J connectivity index is 3.49. The molecule has 21 heavy (non-hydrogen) atoms. The van der Waals surface area contributed by atoms with Crippen LogP contribution in [0.15, 0.2) is 28.0 Å². The number of nitrogens with two attached hydrogens (primary N) is 1. The summed E-state index contributed by atoms with van der Waals surface area (Å²) in [5.74, 6) is -1.35. The van der Waals surface area contributed by atoms with Gasteiger partial charge < -0.3 is 5.73 Å². The van der Waals surface area contributed by atoms with Gasteiger partial charge in [0.2, 0.25) is 5.91 Å². The summed E-state index contributed by atoms with van der Waals surface area (Å²) in [4.78, 5) is 8.62. The van der Waals surface area contributed by atoms with Crippen LogP contribution in [0.5, 0.6) is 0 Å². The van der Waals surface area contributed by atoms with E-state index in [0.29, 0.717) is 12.1 Å². The van der Waals surface area contributed by atoms with E-state index in [1.165, 1.54) is 0 Å². The topological polar surface area (TPSA) is 77.2 Å². The molecular weight excluding hydrogens is 348 g/mol. The molecule has 0 aromatic heterocycles. The van der Waals surface area contributed by atoms with Crippen LogP contribution in [0.4, 0.5) is 26.3 Å². The number of benzene rings is 1. The van der Waals surface area contributed by atoms with E-state index in [2.05, 4.69) is 0 Å². The minimum Gasteiger partial charge on any atom is -0.366 e. The highest BCUT2D eigenvalue weighted by molar-refractivity contribution is 7.86. The first-order chi connectivity index (χ1) is 9.34. The van der Waals surface area contributed by atoms with E-state index in [1.54, 1.807) is 0 Å². The van der Waals surface area contributed by atoms with Crippen LogP contribution in [-0.4, -0.2) is 25.3 Å². The van der Waals surface area contributed by atoms with Crippen LogP contribution in [0.2, 0.25) is 0 Å². The number of alkyl halides is 6. The second kappa shape index (κ2) is 5.75. The Labute approximate surface area is 118 Å². The molecule has 0 aliphatic heterocycles. The summed E-state index contributed by atoms with van der Waals surface area (Å²) < 4.78 is 96.2. The third kappa shape index (κ3) is 4.27. The van der Waals surface area contributed by atoms with Gasteiger partial charge in [0.1, 0.15) is 0 Å². The van der Waals surface area contributed by atoms with Crippen molar-refractivity contribution in [3.8, 4) is 0 Å². The number of carbonyl (C=O) groups is 1. The molecular formula is C9H5F6NO3S2. The average Bonchev–Trinajstić information content (AvgIpc) is 2.34. The van der Waals surface area contributed by atoms with Crippen LogP contribution >= 0.6 is 0 Å². The Bertz CT molecular complexity index is 581. The number of rotatable bonds is 3. The van der Waals surface area contributed by atoms with Crippen molar-refractivity contribution in [3.63, 3.8) is 0 Å². The van der Waals surface area contributed by atoms with Crippen LogP contribution in [0.3, 0.4) is 0 Å². The third-order valence-electron chi connectivity index (χ3n) is 2.01. The quantitative estimate of drug-likeness (QED) is 0.845. The summed E-state index contributed by atoms with van der Waals surface area (Å²) in [6.07, 6.45) is 0. The lowest BCUT2D eigenvalue weighted by Gasteiger charge is -2.11. The average molecular weight is 353 g/mol. The standard InChI is InChI=1S/C9H5F6NO3S2/c10-8(11,12)20(18)5-1-4(7(16)17)2-6(3-5)21(19)9(13,14)15/h1-3H,(H2,16,17). The van der Waals surface area contributed by atoms with Crippen LogP contribution in [0, 0.1) is 0 Å². The zero-order valence-corrected chi connectivity index (χ0v) is 11.3. The predicted molar refractivity (Wildman–Crippen MR) is 59.9 cm³/mol. The summed E-state index contributed by atoms with van der Waals surface area (Å²) in [7, 11) is -7.38. The van der Waals surface area contributed by atoms with Crippen molar-refractivity contribution >= 4 is 27.5 Å². The fourth-order valence-electron chi connectivity index (χ4n) is 1.20. The first-order valence-corrected chi connectivity index (χ1v) is 7.06. The molecule has 0 saturated heterocycles. The predicted octanol–water partition coefficient (Wildman–Crippen LogP) is 2.04. The Morgan fingerprint density at radius 1 is 0.857 bits per heavy atom. The van der Waals surface area contributed by atoms with Gasteiger partial charge in [-0.25, -0.2) is 8.42 Å². The molecule has 4 nitrogen and oxygen atoms in total. The number of carbonyl (C=O) groups excluding carboxylic acids is 1. The fourth-order valence-corrected chi connectivity index (χ4v) is 2.74. The van der Waals surface area contributed by atoms with Gasteiger partial charge in [-0.15, -0.1) is 0 Å². The summed E-state index contributed by atoms with van der Waals surface area (Å²) >= 11 is 0. The molecule has 0 saturated carbocycles. The molecule has 2 N–H and O–H groups in total. The molecule has 0 aliphatic rings. The molecule has 2 atom stereocenters. The molecule has 0 aliphatic carbocycles. The molecule has 0 radical (unpaired) electrons. The van der Waals surface area contributed by atoms with E-state index in [9.17, 15) is 39.6 Å². The van der Waals surface area contributed by atoms with Gasteiger partial charge in [-0.3, -0.25) is 4.79 Å². The van der Waals surface area contributed by atoms with Crippen molar-refractivity contribution in [2.24, 2.45) is 5.73 Å². The SMILES string of the molecule is NC(=O)c1cc(S(=O)C(F)(F)F)cc(S(=O)C(F)(F)F)c1. The molecule has 0 heterocycles. The molecule has 118 valence electrons. The van der Waals surface area contributed by atoms with Crippen LogP contribution in [-0.2, 0) is 21.6 Å². The summed E-state index contributed by atoms with van der Waals surface area (Å²) in [6.45, 7) is 0. The molecule has 0 bridgehead atoms. The van der Waals surface area contributed by atoms with Gasteiger partial charge in [-0.05, 0) is 18.2 Å². The molecule has 1 rings (SSSR count). The lowest BCUT2D eigenvalue weighted by molar-refractivity contribution is -0.0389. The highest BCUT2D eigenvalue weighted by Gasteiger charge is 2.41. The van der Waals surface area contributed by atoms with E-state index in [4.69, 9.17) is 5.73 Å². The van der Waals surface area contributed by atoms with E-state index < -0.39 is 53.9 Å². The van der Waals surface area contributed by atoms with Gasteiger partial charge in [0.05, 0.1) is 0 Å². The van der Waals surface area contributed by atoms with E-state index >= 15 is 0 Å². The smallest absolute Gasteiger partial charge is 0.366 e. The summed E-state index contributed by atoms with van der Waals surface area (Å²) in [5.41, 5.74) is -6.51. The lowest BCUT2D eigenvalue weighted by atomic mass is 10.2. The summed E-state index contributed by atoms with van der Waals surface area (Å²) in [6, 6.07) is 1.08. The van der Waals surface area contributed by atoms with Crippen LogP contribution < -0.4 is 5.73 Å². The Morgan fingerprint density at radius 2 is 1.19 bits per heavy atom. The second-order valence-corrected chi connectivity index (χ2v) is 6.43. The van der Waals surface area contributed by atoms with E-state index in [1.807, 2.05) is 0 Å². The minimum atomic E-state index is -5.26. The van der Waals surface area contributed by atoms with Gasteiger partial charge in [0.15, 0.2) is 21.6 Å². The van der Waals surface area contributed by atoms with Crippen LogP contribution in [0.25, 0.3) is 0 Å². The van der Waals surface area contributed by atoms with Gasteiger partial charge in [-0.2, -0.15) is 26.3 Å². The largest absolute Gasteiger partial charge is 0.475 e. The minimum absolute atomic E-state index is 0.208. The number of hydrogen-bond donors (Lipinski definition) is 1. The zero-order valence-electron chi connectivity index (χ0n) is 9.62. The second-order valence-electron chi connectivity index (χ2n) is 3.49. The van der Waals surface area contributed by atoms with Crippen LogP contribution in [0.1, 0.15) is 10.4 Å². The van der Waals surface area contributed by atoms with Crippen molar-refractivity contribution in [2.75, 3.05) is 0 Å². The maximum atomic E-state index is 12.3. The molecule has 1 amide bonds. The van der Waals surface area contributed by atoms with Crippen molar-refractivity contribution in [1.29, 1.82) is 0 Å². The van der Waals surface area contributed by atoms with Gasteiger partial charge in [0, 0.05) is 15.4 Å². The fraction of sp³-hybridized carbons (Fsp3) is 0.222. The number of amides is 1. The Hall–Kier alpha value is -1.43. The van der Waals surface area contributed by atoms with E-state index in [-0.39, 0.29) is 6.07 Å².